The Hall–Kier alpha value is -1.61. The summed E-state index contributed by atoms with van der Waals surface area (Å²) >= 11 is 5.72. The van der Waals surface area contributed by atoms with Gasteiger partial charge in [-0.3, -0.25) is 0 Å². The average molecular weight is 235 g/mol. The van der Waals surface area contributed by atoms with Crippen molar-refractivity contribution in [3.8, 4) is 5.75 Å². The Labute approximate surface area is 99.1 Å². The first-order valence-electron chi connectivity index (χ1n) is 4.88. The van der Waals surface area contributed by atoms with Gasteiger partial charge in [0.1, 0.15) is 11.6 Å². The summed E-state index contributed by atoms with van der Waals surface area (Å²) in [6.45, 7) is 0. The van der Waals surface area contributed by atoms with E-state index in [1.165, 1.54) is 0 Å². The Morgan fingerprint density at radius 2 is 1.88 bits per heavy atom. The van der Waals surface area contributed by atoms with E-state index in [4.69, 9.17) is 16.3 Å². The molecular weight excluding hydrogens is 224 g/mol. The molecule has 2 aromatic rings. The second kappa shape index (κ2) is 4.94. The van der Waals surface area contributed by atoms with Gasteiger partial charge in [0.05, 0.1) is 12.1 Å². The first-order valence-corrected chi connectivity index (χ1v) is 5.25. The average Bonchev–Trinajstić information content (AvgIpc) is 2.33. The number of rotatable bonds is 3. The quantitative estimate of drug-likeness (QED) is 0.819. The van der Waals surface area contributed by atoms with Gasteiger partial charge in [-0.25, -0.2) is 9.97 Å². The van der Waals surface area contributed by atoms with Crippen LogP contribution in [0.2, 0.25) is 5.02 Å². The molecule has 0 saturated carbocycles. The van der Waals surface area contributed by atoms with E-state index in [0.29, 0.717) is 11.4 Å². The lowest BCUT2D eigenvalue weighted by Gasteiger charge is -2.06. The van der Waals surface area contributed by atoms with Crippen molar-refractivity contribution in [2.75, 3.05) is 7.11 Å². The highest BCUT2D eigenvalue weighted by Crippen LogP contribution is 2.19. The number of para-hydroxylation sites is 1. The molecule has 16 heavy (non-hydrogen) atoms. The van der Waals surface area contributed by atoms with E-state index in [-0.39, 0.29) is 0 Å². The van der Waals surface area contributed by atoms with Crippen LogP contribution in [-0.2, 0) is 6.42 Å². The molecule has 0 N–H and O–H groups in total. The largest absolute Gasteiger partial charge is 0.496 e. The van der Waals surface area contributed by atoms with E-state index in [1.54, 1.807) is 19.5 Å². The summed E-state index contributed by atoms with van der Waals surface area (Å²) in [4.78, 5) is 8.30. The molecule has 4 heteroatoms. The Morgan fingerprint density at radius 1 is 1.19 bits per heavy atom. The monoisotopic (exact) mass is 234 g/mol. The molecule has 2 rings (SSSR count). The smallest absolute Gasteiger partial charge is 0.132 e. The molecule has 1 aromatic heterocycles. The Morgan fingerprint density at radius 3 is 2.56 bits per heavy atom. The second-order valence-corrected chi connectivity index (χ2v) is 3.74. The van der Waals surface area contributed by atoms with Gasteiger partial charge >= 0.3 is 0 Å². The maximum atomic E-state index is 5.72. The van der Waals surface area contributed by atoms with Crippen LogP contribution in [0, 0.1) is 0 Å². The predicted molar refractivity (Wildman–Crippen MR) is 62.8 cm³/mol. The van der Waals surface area contributed by atoms with Crippen molar-refractivity contribution < 1.29 is 4.74 Å². The summed E-state index contributed by atoms with van der Waals surface area (Å²) in [5.41, 5.74) is 1.06. The molecule has 82 valence electrons. The number of hydrogen-bond donors (Lipinski definition) is 0. The van der Waals surface area contributed by atoms with Crippen molar-refractivity contribution in [1.82, 2.24) is 9.97 Å². The van der Waals surface area contributed by atoms with Crippen LogP contribution in [0.5, 0.6) is 5.75 Å². The van der Waals surface area contributed by atoms with Crippen LogP contribution in [0.3, 0.4) is 0 Å². The van der Waals surface area contributed by atoms with Gasteiger partial charge in [0, 0.05) is 24.4 Å². The van der Waals surface area contributed by atoms with E-state index in [1.807, 2.05) is 24.3 Å². The first kappa shape index (κ1) is 10.9. The Kier molecular flexibility index (Phi) is 3.37. The fraction of sp³-hybridized carbons (Fsp3) is 0.167. The van der Waals surface area contributed by atoms with Crippen LogP contribution in [0.15, 0.2) is 36.7 Å². The summed E-state index contributed by atoms with van der Waals surface area (Å²) in [5.74, 6) is 1.58. The molecule has 0 aliphatic heterocycles. The molecular formula is C12H11ClN2O. The Bertz CT molecular complexity index is 471. The summed E-state index contributed by atoms with van der Waals surface area (Å²) in [7, 11) is 1.65. The molecule has 0 atom stereocenters. The summed E-state index contributed by atoms with van der Waals surface area (Å²) in [6, 6.07) is 7.82. The van der Waals surface area contributed by atoms with Gasteiger partial charge in [0.2, 0.25) is 0 Å². The van der Waals surface area contributed by atoms with Crippen LogP contribution in [0.25, 0.3) is 0 Å². The normalized spacial score (nSPS) is 10.1. The van der Waals surface area contributed by atoms with Crippen molar-refractivity contribution in [3.63, 3.8) is 0 Å². The van der Waals surface area contributed by atoms with Gasteiger partial charge in [-0.15, -0.1) is 0 Å². The number of halogens is 1. The molecule has 1 aromatic carbocycles. The molecule has 0 aliphatic rings. The van der Waals surface area contributed by atoms with Crippen LogP contribution >= 0.6 is 11.6 Å². The van der Waals surface area contributed by atoms with Gasteiger partial charge in [-0.1, -0.05) is 29.8 Å². The van der Waals surface area contributed by atoms with Crippen molar-refractivity contribution in [1.29, 1.82) is 0 Å². The first-order chi connectivity index (χ1) is 7.79. The van der Waals surface area contributed by atoms with E-state index in [9.17, 15) is 0 Å². The van der Waals surface area contributed by atoms with Crippen LogP contribution in [-0.4, -0.2) is 17.1 Å². The molecule has 0 spiro atoms. The van der Waals surface area contributed by atoms with E-state index in [2.05, 4.69) is 9.97 Å². The number of hydrogen-bond acceptors (Lipinski definition) is 3. The minimum atomic E-state index is 0.545. The molecule has 0 aliphatic carbocycles. The molecule has 0 amide bonds. The highest BCUT2D eigenvalue weighted by Gasteiger charge is 2.04. The zero-order valence-electron chi connectivity index (χ0n) is 8.85. The number of ether oxygens (including phenoxy) is 1. The lowest BCUT2D eigenvalue weighted by molar-refractivity contribution is 0.410. The summed E-state index contributed by atoms with van der Waals surface area (Å²) in [5, 5.41) is 0.545. The van der Waals surface area contributed by atoms with Crippen LogP contribution < -0.4 is 4.74 Å². The molecule has 0 saturated heterocycles. The fourth-order valence-electron chi connectivity index (χ4n) is 1.45. The van der Waals surface area contributed by atoms with E-state index in [0.717, 1.165) is 17.1 Å². The third-order valence-electron chi connectivity index (χ3n) is 2.21. The van der Waals surface area contributed by atoms with E-state index < -0.39 is 0 Å². The molecule has 1 heterocycles. The minimum Gasteiger partial charge on any atom is -0.496 e. The van der Waals surface area contributed by atoms with Gasteiger partial charge in [-0.2, -0.15) is 0 Å². The number of aromatic nitrogens is 2. The second-order valence-electron chi connectivity index (χ2n) is 3.31. The van der Waals surface area contributed by atoms with Gasteiger partial charge in [0.15, 0.2) is 0 Å². The number of methoxy groups -OCH3 is 1. The minimum absolute atomic E-state index is 0.545. The van der Waals surface area contributed by atoms with Gasteiger partial charge < -0.3 is 4.74 Å². The van der Waals surface area contributed by atoms with Crippen molar-refractivity contribution >= 4 is 11.6 Å². The van der Waals surface area contributed by atoms with Gasteiger partial charge in [-0.05, 0) is 6.07 Å². The predicted octanol–water partition coefficient (Wildman–Crippen LogP) is 2.73. The molecule has 0 fully saturated rings. The summed E-state index contributed by atoms with van der Waals surface area (Å²) < 4.78 is 5.26. The van der Waals surface area contributed by atoms with Crippen LogP contribution in [0.4, 0.5) is 0 Å². The van der Waals surface area contributed by atoms with Crippen molar-refractivity contribution in [2.45, 2.75) is 6.42 Å². The van der Waals surface area contributed by atoms with Crippen LogP contribution in [0.1, 0.15) is 11.4 Å². The van der Waals surface area contributed by atoms with Gasteiger partial charge in [0.25, 0.3) is 0 Å². The maximum absolute atomic E-state index is 5.72. The highest BCUT2D eigenvalue weighted by molar-refractivity contribution is 6.30. The van der Waals surface area contributed by atoms with Crippen molar-refractivity contribution in [2.24, 2.45) is 0 Å². The zero-order valence-corrected chi connectivity index (χ0v) is 9.61. The third-order valence-corrected chi connectivity index (χ3v) is 2.41. The SMILES string of the molecule is COc1ccccc1Cc1ncc(Cl)cn1. The zero-order chi connectivity index (χ0) is 11.4. The third kappa shape index (κ3) is 2.49. The molecule has 0 radical (unpaired) electrons. The lowest BCUT2D eigenvalue weighted by Crippen LogP contribution is -1.98. The highest BCUT2D eigenvalue weighted by atomic mass is 35.5. The lowest BCUT2D eigenvalue weighted by atomic mass is 10.1. The van der Waals surface area contributed by atoms with E-state index >= 15 is 0 Å². The molecule has 3 nitrogen and oxygen atoms in total. The topological polar surface area (TPSA) is 35.0 Å². The summed E-state index contributed by atoms with van der Waals surface area (Å²) in [6.07, 6.45) is 3.83. The molecule has 0 bridgehead atoms. The Balaban J connectivity index is 2.23. The number of benzene rings is 1. The van der Waals surface area contributed by atoms with Crippen molar-refractivity contribution in [3.05, 3.63) is 53.1 Å². The number of nitrogens with zero attached hydrogens (tertiary/aromatic N) is 2. The maximum Gasteiger partial charge on any atom is 0.132 e. The molecule has 0 unspecified atom stereocenters. The standard InChI is InChI=1S/C12H11ClN2O/c1-16-11-5-3-2-4-9(11)6-12-14-7-10(13)8-15-12/h2-5,7-8H,6H2,1H3. The fourth-order valence-corrected chi connectivity index (χ4v) is 1.55.